The van der Waals surface area contributed by atoms with E-state index >= 15 is 0 Å². The highest BCUT2D eigenvalue weighted by Crippen LogP contribution is 2.38. The molecular formula is C20H25F5O. The summed E-state index contributed by atoms with van der Waals surface area (Å²) in [5.41, 5.74) is -0.507. The highest BCUT2D eigenvalue weighted by atomic mass is 19.4. The zero-order valence-corrected chi connectivity index (χ0v) is 14.7. The Morgan fingerprint density at radius 2 is 1.54 bits per heavy atom. The topological polar surface area (TPSA) is 9.23 Å². The summed E-state index contributed by atoms with van der Waals surface area (Å²) >= 11 is 0. The summed E-state index contributed by atoms with van der Waals surface area (Å²) in [6.07, 6.45) is -0.686. The van der Waals surface area contributed by atoms with Gasteiger partial charge in [-0.3, -0.25) is 0 Å². The number of benzene rings is 1. The smallest absolute Gasteiger partial charge is 0.316 e. The van der Waals surface area contributed by atoms with Gasteiger partial charge in [0.25, 0.3) is 0 Å². The van der Waals surface area contributed by atoms with Gasteiger partial charge in [0.15, 0.2) is 0 Å². The number of hydrogen-bond donors (Lipinski definition) is 0. The number of alkyl halides is 5. The summed E-state index contributed by atoms with van der Waals surface area (Å²) in [6, 6.07) is 4.09. The van der Waals surface area contributed by atoms with E-state index in [1.807, 2.05) is 6.08 Å². The molecule has 0 spiro atoms. The SMILES string of the molecule is C=CCCC1CCC(CC(F)(F)OCc2ccc(C(F)(F)F)cc2)CC1. The maximum absolute atomic E-state index is 14.0. The van der Waals surface area contributed by atoms with Crippen LogP contribution in [0.1, 0.15) is 56.1 Å². The van der Waals surface area contributed by atoms with Crippen LogP contribution in [0.3, 0.4) is 0 Å². The Bertz CT molecular complexity index is 557. The lowest BCUT2D eigenvalue weighted by Crippen LogP contribution is -2.27. The largest absolute Gasteiger partial charge is 0.416 e. The Kier molecular flexibility index (Phi) is 7.21. The molecule has 0 aromatic heterocycles. The first kappa shape index (κ1) is 20.9. The average Bonchev–Trinajstić information content (AvgIpc) is 2.59. The molecule has 0 amide bonds. The molecule has 26 heavy (non-hydrogen) atoms. The third kappa shape index (κ3) is 6.71. The lowest BCUT2D eigenvalue weighted by atomic mass is 9.78. The quantitative estimate of drug-likeness (QED) is 0.351. The molecule has 0 heterocycles. The molecule has 6 heteroatoms. The molecule has 1 aromatic rings. The molecule has 2 rings (SSSR count). The Labute approximate surface area is 151 Å². The van der Waals surface area contributed by atoms with Crippen molar-refractivity contribution in [3.8, 4) is 0 Å². The molecule has 0 N–H and O–H groups in total. The van der Waals surface area contributed by atoms with Gasteiger partial charge in [0.05, 0.1) is 12.2 Å². The Hall–Kier alpha value is -1.43. The summed E-state index contributed by atoms with van der Waals surface area (Å²) < 4.78 is 70.3. The highest BCUT2D eigenvalue weighted by Gasteiger charge is 2.35. The number of ether oxygens (including phenoxy) is 1. The maximum atomic E-state index is 14.0. The lowest BCUT2D eigenvalue weighted by Gasteiger charge is -2.30. The Balaban J connectivity index is 1.77. The van der Waals surface area contributed by atoms with E-state index < -0.39 is 24.5 Å². The Morgan fingerprint density at radius 1 is 0.962 bits per heavy atom. The molecule has 0 radical (unpaired) electrons. The highest BCUT2D eigenvalue weighted by molar-refractivity contribution is 5.24. The van der Waals surface area contributed by atoms with Gasteiger partial charge in [0.1, 0.15) is 0 Å². The second-order valence-electron chi connectivity index (χ2n) is 7.08. The van der Waals surface area contributed by atoms with Crippen molar-refractivity contribution in [2.45, 2.75) is 63.8 Å². The lowest BCUT2D eigenvalue weighted by molar-refractivity contribution is -0.256. The molecule has 146 valence electrons. The van der Waals surface area contributed by atoms with Crippen molar-refractivity contribution in [1.82, 2.24) is 0 Å². The fraction of sp³-hybridized carbons (Fsp3) is 0.600. The van der Waals surface area contributed by atoms with Gasteiger partial charge in [-0.25, -0.2) is 0 Å². The van der Waals surface area contributed by atoms with Crippen molar-refractivity contribution < 1.29 is 26.7 Å². The maximum Gasteiger partial charge on any atom is 0.416 e. The van der Waals surface area contributed by atoms with Crippen LogP contribution in [0, 0.1) is 11.8 Å². The van der Waals surface area contributed by atoms with Crippen molar-refractivity contribution in [1.29, 1.82) is 0 Å². The predicted molar refractivity (Wildman–Crippen MR) is 90.7 cm³/mol. The average molecular weight is 376 g/mol. The molecule has 0 saturated heterocycles. The molecule has 1 fully saturated rings. The van der Waals surface area contributed by atoms with E-state index in [1.165, 1.54) is 12.1 Å². The molecule has 1 aliphatic carbocycles. The first-order chi connectivity index (χ1) is 12.2. The Morgan fingerprint density at radius 3 is 2.08 bits per heavy atom. The minimum atomic E-state index is -4.44. The molecule has 0 unspecified atom stereocenters. The first-order valence-electron chi connectivity index (χ1n) is 8.98. The molecule has 1 saturated carbocycles. The van der Waals surface area contributed by atoms with Crippen LogP contribution in [0.4, 0.5) is 22.0 Å². The number of hydrogen-bond acceptors (Lipinski definition) is 1. The number of halogens is 5. The molecule has 1 nitrogen and oxygen atoms in total. The van der Waals surface area contributed by atoms with Crippen molar-refractivity contribution in [3.63, 3.8) is 0 Å². The monoisotopic (exact) mass is 376 g/mol. The third-order valence-electron chi connectivity index (χ3n) is 5.00. The summed E-state index contributed by atoms with van der Waals surface area (Å²) in [7, 11) is 0. The van der Waals surface area contributed by atoms with Gasteiger partial charge in [-0.2, -0.15) is 22.0 Å². The van der Waals surface area contributed by atoms with E-state index in [0.29, 0.717) is 11.5 Å². The van der Waals surface area contributed by atoms with Crippen LogP contribution in [0.2, 0.25) is 0 Å². The van der Waals surface area contributed by atoms with Gasteiger partial charge in [0, 0.05) is 6.42 Å². The summed E-state index contributed by atoms with van der Waals surface area (Å²) in [4.78, 5) is 0. The van der Waals surface area contributed by atoms with Crippen molar-refractivity contribution in [2.75, 3.05) is 0 Å². The fourth-order valence-electron chi connectivity index (χ4n) is 3.45. The normalized spacial score (nSPS) is 21.6. The molecule has 1 aliphatic rings. The van der Waals surface area contributed by atoms with Gasteiger partial charge in [-0.15, -0.1) is 6.58 Å². The predicted octanol–water partition coefficient (Wildman–Crippen LogP) is 6.98. The van der Waals surface area contributed by atoms with E-state index in [0.717, 1.165) is 50.7 Å². The number of allylic oxidation sites excluding steroid dienone is 1. The second kappa shape index (κ2) is 8.98. The number of rotatable bonds is 8. The van der Waals surface area contributed by atoms with Crippen LogP contribution in [0.5, 0.6) is 0 Å². The second-order valence-corrected chi connectivity index (χ2v) is 7.08. The summed E-state index contributed by atoms with van der Waals surface area (Å²) in [6.45, 7) is 3.30. The van der Waals surface area contributed by atoms with E-state index in [-0.39, 0.29) is 12.3 Å². The van der Waals surface area contributed by atoms with Crippen molar-refractivity contribution >= 4 is 0 Å². The van der Waals surface area contributed by atoms with E-state index in [4.69, 9.17) is 4.74 Å². The minimum absolute atomic E-state index is 0.0717. The van der Waals surface area contributed by atoms with Gasteiger partial charge in [0.2, 0.25) is 0 Å². The van der Waals surface area contributed by atoms with Crippen molar-refractivity contribution in [3.05, 3.63) is 48.0 Å². The molecule has 0 bridgehead atoms. The molecule has 1 aromatic carbocycles. The van der Waals surface area contributed by atoms with Crippen LogP contribution in [-0.2, 0) is 17.5 Å². The van der Waals surface area contributed by atoms with E-state index in [9.17, 15) is 22.0 Å². The van der Waals surface area contributed by atoms with Crippen LogP contribution >= 0.6 is 0 Å². The fourth-order valence-corrected chi connectivity index (χ4v) is 3.45. The zero-order valence-electron chi connectivity index (χ0n) is 14.7. The summed E-state index contributed by atoms with van der Waals surface area (Å²) in [5.74, 6) is 0.517. The van der Waals surface area contributed by atoms with Gasteiger partial charge < -0.3 is 4.74 Å². The molecule has 0 atom stereocenters. The van der Waals surface area contributed by atoms with Crippen LogP contribution in [0.25, 0.3) is 0 Å². The molecular weight excluding hydrogens is 351 g/mol. The van der Waals surface area contributed by atoms with Crippen LogP contribution in [0.15, 0.2) is 36.9 Å². The molecule has 0 aliphatic heterocycles. The van der Waals surface area contributed by atoms with Gasteiger partial charge in [-0.1, -0.05) is 31.1 Å². The zero-order chi connectivity index (χ0) is 19.2. The standard InChI is InChI=1S/C20H25F5O/c1-2-3-4-15-5-7-16(8-6-15)13-19(21,22)26-14-17-9-11-18(12-10-17)20(23,24)25/h2,9-12,15-16H,1,3-8,13-14H2. The third-order valence-corrected chi connectivity index (χ3v) is 5.00. The van der Waals surface area contributed by atoms with Gasteiger partial charge in [-0.05, 0) is 55.2 Å². The minimum Gasteiger partial charge on any atom is -0.316 e. The van der Waals surface area contributed by atoms with E-state index in [2.05, 4.69) is 6.58 Å². The van der Waals surface area contributed by atoms with Crippen molar-refractivity contribution in [2.24, 2.45) is 11.8 Å². The van der Waals surface area contributed by atoms with Crippen LogP contribution < -0.4 is 0 Å². The van der Waals surface area contributed by atoms with Gasteiger partial charge >= 0.3 is 12.3 Å². The van der Waals surface area contributed by atoms with E-state index in [1.54, 1.807) is 0 Å². The first-order valence-corrected chi connectivity index (χ1v) is 8.98. The summed E-state index contributed by atoms with van der Waals surface area (Å²) in [5, 5.41) is 0. The van der Waals surface area contributed by atoms with Crippen LogP contribution in [-0.4, -0.2) is 6.11 Å².